The first-order valence-corrected chi connectivity index (χ1v) is 4.38. The molecule has 0 aliphatic carbocycles. The molecule has 1 radical (unpaired) electrons. The van der Waals surface area contributed by atoms with E-state index < -0.39 is 5.97 Å². The molecule has 0 saturated carbocycles. The molecule has 0 atom stereocenters. The van der Waals surface area contributed by atoms with E-state index in [0.717, 1.165) is 11.1 Å². The van der Waals surface area contributed by atoms with Gasteiger partial charge in [-0.1, -0.05) is 18.7 Å². The zero-order valence-corrected chi connectivity index (χ0v) is 8.68. The highest BCUT2D eigenvalue weighted by molar-refractivity contribution is 5.89. The molecule has 0 aliphatic heterocycles. The summed E-state index contributed by atoms with van der Waals surface area (Å²) >= 11 is 0. The Morgan fingerprint density at radius 2 is 2.14 bits per heavy atom. The van der Waals surface area contributed by atoms with Crippen LogP contribution in [0.25, 0.3) is 0 Å². The topological polar surface area (TPSA) is 26.3 Å². The molecule has 0 N–H and O–H groups in total. The van der Waals surface area contributed by atoms with Crippen LogP contribution < -0.4 is 4.74 Å². The first kappa shape index (κ1) is 10.5. The van der Waals surface area contributed by atoms with Crippen LogP contribution >= 0.6 is 0 Å². The largest absolute Gasteiger partial charge is 0.423 e. The number of aryl methyl sites for hydroxylation is 2. The second-order valence-corrected chi connectivity index (χ2v) is 3.28. The Labute approximate surface area is 84.2 Å². The predicted molar refractivity (Wildman–Crippen MR) is 55.2 cm³/mol. The Hall–Kier alpha value is -1.57. The second kappa shape index (κ2) is 4.09. The van der Waals surface area contributed by atoms with E-state index >= 15 is 0 Å². The van der Waals surface area contributed by atoms with Crippen molar-refractivity contribution in [3.63, 3.8) is 0 Å². The minimum atomic E-state index is -0.393. The highest BCUT2D eigenvalue weighted by atomic mass is 16.5. The molecule has 73 valence electrons. The lowest BCUT2D eigenvalue weighted by Crippen LogP contribution is -2.10. The molecule has 0 aliphatic rings. The highest BCUT2D eigenvalue weighted by Gasteiger charge is 2.09. The van der Waals surface area contributed by atoms with Crippen molar-refractivity contribution in [3.8, 4) is 5.75 Å². The summed E-state index contributed by atoms with van der Waals surface area (Å²) in [6.07, 6.45) is 0. The van der Waals surface area contributed by atoms with E-state index in [2.05, 4.69) is 12.6 Å². The third kappa shape index (κ3) is 2.22. The summed E-state index contributed by atoms with van der Waals surface area (Å²) < 4.78 is 5.17. The van der Waals surface area contributed by atoms with Crippen molar-refractivity contribution in [1.29, 1.82) is 0 Å². The van der Waals surface area contributed by atoms with Gasteiger partial charge in [-0.25, -0.2) is 4.79 Å². The molecule has 0 saturated heterocycles. The molecular formula is C12H13O2. The van der Waals surface area contributed by atoms with Crippen LogP contribution in [0.4, 0.5) is 0 Å². The molecule has 1 aromatic rings. The van der Waals surface area contributed by atoms with Crippen LogP contribution in [0.2, 0.25) is 0 Å². The molecule has 0 spiro atoms. The van der Waals surface area contributed by atoms with Gasteiger partial charge >= 0.3 is 5.97 Å². The zero-order valence-electron chi connectivity index (χ0n) is 8.68. The van der Waals surface area contributed by atoms with Crippen molar-refractivity contribution in [2.45, 2.75) is 20.8 Å². The number of carbonyl (C=O) groups is 1. The summed E-state index contributed by atoms with van der Waals surface area (Å²) in [5.41, 5.74) is 2.16. The lowest BCUT2D eigenvalue weighted by molar-refractivity contribution is -0.130. The molecule has 1 rings (SSSR count). The van der Waals surface area contributed by atoms with Crippen molar-refractivity contribution in [3.05, 3.63) is 41.5 Å². The van der Waals surface area contributed by atoms with E-state index in [1.165, 1.54) is 0 Å². The van der Waals surface area contributed by atoms with Crippen LogP contribution in [0.1, 0.15) is 18.1 Å². The SMILES string of the molecule is C=C(C)C(=O)Oc1c(C)[c]ccc1C. The van der Waals surface area contributed by atoms with Gasteiger partial charge in [0.15, 0.2) is 0 Å². The monoisotopic (exact) mass is 189 g/mol. The number of hydrogen-bond acceptors (Lipinski definition) is 2. The third-order valence-electron chi connectivity index (χ3n) is 1.88. The predicted octanol–water partition coefficient (Wildman–Crippen LogP) is 2.59. The Morgan fingerprint density at radius 3 is 2.64 bits per heavy atom. The summed E-state index contributed by atoms with van der Waals surface area (Å²) in [4.78, 5) is 11.3. The van der Waals surface area contributed by atoms with Crippen molar-refractivity contribution < 1.29 is 9.53 Å². The van der Waals surface area contributed by atoms with Gasteiger partial charge < -0.3 is 4.74 Å². The van der Waals surface area contributed by atoms with E-state index in [4.69, 9.17) is 4.74 Å². The van der Waals surface area contributed by atoms with Crippen LogP contribution in [0, 0.1) is 19.9 Å². The number of benzene rings is 1. The maximum atomic E-state index is 11.3. The lowest BCUT2D eigenvalue weighted by atomic mass is 10.1. The van der Waals surface area contributed by atoms with Crippen LogP contribution in [0.5, 0.6) is 5.75 Å². The number of hydrogen-bond donors (Lipinski definition) is 0. The second-order valence-electron chi connectivity index (χ2n) is 3.28. The summed E-state index contributed by atoms with van der Waals surface area (Å²) in [5.74, 6) is 0.191. The standard InChI is InChI=1S/C12H13O2/c1-8(2)12(13)14-11-9(3)6-5-7-10(11)4/h5-6H,1H2,2-4H3. The van der Waals surface area contributed by atoms with E-state index in [9.17, 15) is 4.79 Å². The quantitative estimate of drug-likeness (QED) is 0.406. The molecule has 1 aromatic carbocycles. The first-order chi connectivity index (χ1) is 6.52. The molecule has 2 heteroatoms. The van der Waals surface area contributed by atoms with Crippen molar-refractivity contribution in [2.24, 2.45) is 0 Å². The van der Waals surface area contributed by atoms with Gasteiger partial charge in [0.05, 0.1) is 0 Å². The minimum Gasteiger partial charge on any atom is -0.423 e. The van der Waals surface area contributed by atoms with Crippen molar-refractivity contribution >= 4 is 5.97 Å². The fourth-order valence-corrected chi connectivity index (χ4v) is 1.07. The van der Waals surface area contributed by atoms with E-state index in [-0.39, 0.29) is 0 Å². The molecule has 0 aromatic heterocycles. The molecule has 0 heterocycles. The highest BCUT2D eigenvalue weighted by Crippen LogP contribution is 2.22. The van der Waals surface area contributed by atoms with Crippen molar-refractivity contribution in [2.75, 3.05) is 0 Å². The Bertz CT molecular complexity index is 358. The van der Waals surface area contributed by atoms with E-state index in [0.29, 0.717) is 11.3 Å². The Kier molecular flexibility index (Phi) is 3.07. The summed E-state index contributed by atoms with van der Waals surface area (Å²) in [6.45, 7) is 8.90. The van der Waals surface area contributed by atoms with Crippen LogP contribution in [0.15, 0.2) is 24.3 Å². The fraction of sp³-hybridized carbons (Fsp3) is 0.250. The van der Waals surface area contributed by atoms with Gasteiger partial charge in [-0.3, -0.25) is 0 Å². The van der Waals surface area contributed by atoms with Gasteiger partial charge in [0.2, 0.25) is 0 Å². The lowest BCUT2D eigenvalue weighted by Gasteiger charge is -2.09. The Morgan fingerprint density at radius 1 is 1.50 bits per heavy atom. The van der Waals surface area contributed by atoms with Gasteiger partial charge in [0, 0.05) is 5.57 Å². The van der Waals surface area contributed by atoms with Gasteiger partial charge in [0.1, 0.15) is 5.75 Å². The average Bonchev–Trinajstić information content (AvgIpc) is 2.11. The summed E-state index contributed by atoms with van der Waals surface area (Å²) in [7, 11) is 0. The summed E-state index contributed by atoms with van der Waals surface area (Å²) in [5, 5.41) is 0. The van der Waals surface area contributed by atoms with Crippen LogP contribution in [-0.4, -0.2) is 5.97 Å². The van der Waals surface area contributed by atoms with Crippen molar-refractivity contribution in [1.82, 2.24) is 0 Å². The fourth-order valence-electron chi connectivity index (χ4n) is 1.07. The number of rotatable bonds is 2. The summed E-state index contributed by atoms with van der Waals surface area (Å²) in [6, 6.07) is 6.64. The third-order valence-corrected chi connectivity index (χ3v) is 1.88. The van der Waals surface area contributed by atoms with Gasteiger partial charge in [-0.15, -0.1) is 0 Å². The number of ether oxygens (including phenoxy) is 1. The smallest absolute Gasteiger partial charge is 0.338 e. The molecule has 0 fully saturated rings. The maximum absolute atomic E-state index is 11.3. The Balaban J connectivity index is 2.97. The number of esters is 1. The maximum Gasteiger partial charge on any atom is 0.338 e. The average molecular weight is 189 g/mol. The molecule has 0 unspecified atom stereocenters. The first-order valence-electron chi connectivity index (χ1n) is 4.38. The van der Waals surface area contributed by atoms with Gasteiger partial charge in [-0.2, -0.15) is 0 Å². The van der Waals surface area contributed by atoms with E-state index in [1.54, 1.807) is 6.92 Å². The minimum absolute atomic E-state index is 0.393. The van der Waals surface area contributed by atoms with Crippen LogP contribution in [-0.2, 0) is 4.79 Å². The number of carbonyl (C=O) groups excluding carboxylic acids is 1. The molecule has 0 bridgehead atoms. The molecular weight excluding hydrogens is 176 g/mol. The normalized spacial score (nSPS) is 9.64. The molecule has 2 nitrogen and oxygen atoms in total. The van der Waals surface area contributed by atoms with E-state index in [1.807, 2.05) is 26.0 Å². The van der Waals surface area contributed by atoms with Gasteiger partial charge in [-0.05, 0) is 38.0 Å². The zero-order chi connectivity index (χ0) is 10.7. The van der Waals surface area contributed by atoms with Crippen LogP contribution in [0.3, 0.4) is 0 Å². The molecule has 0 amide bonds. The van der Waals surface area contributed by atoms with Gasteiger partial charge in [0.25, 0.3) is 0 Å². The molecule has 14 heavy (non-hydrogen) atoms.